The lowest BCUT2D eigenvalue weighted by Crippen LogP contribution is -2.49. The van der Waals surface area contributed by atoms with Gasteiger partial charge in [0.05, 0.1) is 29.6 Å². The van der Waals surface area contributed by atoms with Gasteiger partial charge in [0, 0.05) is 13.1 Å². The summed E-state index contributed by atoms with van der Waals surface area (Å²) in [6.45, 7) is 0.269. The Bertz CT molecular complexity index is 1430. The first kappa shape index (κ1) is 21.9. The number of likely N-dealkylation sites (tertiary alicyclic amines) is 1. The molecule has 0 saturated carbocycles. The minimum Gasteiger partial charge on any atom is -0.388 e. The number of aliphatic hydroxyl groups is 1. The normalized spacial score (nSPS) is 15.6. The van der Waals surface area contributed by atoms with Crippen molar-refractivity contribution >= 4 is 16.9 Å². The number of piperidine rings is 1. The van der Waals surface area contributed by atoms with Crippen LogP contribution in [0.1, 0.15) is 23.2 Å². The lowest BCUT2D eigenvalue weighted by molar-refractivity contribution is -0.0300. The van der Waals surface area contributed by atoms with Crippen molar-refractivity contribution in [3.05, 3.63) is 88.6 Å². The third-order valence-corrected chi connectivity index (χ3v) is 6.16. The Hall–Kier alpha value is -3.92. The molecule has 1 amide bonds. The Balaban J connectivity index is 1.33. The van der Waals surface area contributed by atoms with Gasteiger partial charge in [-0.3, -0.25) is 14.2 Å². The van der Waals surface area contributed by atoms with Crippen LogP contribution in [-0.2, 0) is 6.54 Å². The van der Waals surface area contributed by atoms with Crippen LogP contribution in [0.15, 0.2) is 65.8 Å². The summed E-state index contributed by atoms with van der Waals surface area (Å²) in [4.78, 5) is 31.4. The van der Waals surface area contributed by atoms with Crippen LogP contribution in [0.3, 0.4) is 0 Å². The van der Waals surface area contributed by atoms with E-state index in [0.29, 0.717) is 11.0 Å². The molecule has 4 aromatic rings. The zero-order valence-corrected chi connectivity index (χ0v) is 18.1. The van der Waals surface area contributed by atoms with E-state index in [-0.39, 0.29) is 43.6 Å². The number of halogens is 2. The number of benzene rings is 2. The predicted molar refractivity (Wildman–Crippen MR) is 120 cm³/mol. The minimum absolute atomic E-state index is 0.0123. The van der Waals surface area contributed by atoms with Crippen LogP contribution in [0.25, 0.3) is 16.7 Å². The van der Waals surface area contributed by atoms with Crippen molar-refractivity contribution in [1.29, 1.82) is 0 Å². The lowest BCUT2D eigenvalue weighted by atomic mass is 9.91. The van der Waals surface area contributed by atoms with E-state index < -0.39 is 23.1 Å². The molecule has 1 aliphatic rings. The standard InChI is InChI=1S/C24H21F2N5O3/c25-16-6-7-20(26)18(12-16)22(32)29-10-8-24(34,9-11-29)14-30-15-27-21-19(23(30)33)13-28-31(21)17-4-2-1-3-5-17/h1-7,12-13,15,34H,8-11,14H2. The van der Waals surface area contributed by atoms with Crippen molar-refractivity contribution in [2.45, 2.75) is 25.0 Å². The predicted octanol–water partition coefficient (Wildman–Crippen LogP) is 2.53. The van der Waals surface area contributed by atoms with Gasteiger partial charge in [-0.2, -0.15) is 5.10 Å². The van der Waals surface area contributed by atoms with E-state index in [2.05, 4.69) is 10.1 Å². The highest BCUT2D eigenvalue weighted by molar-refractivity contribution is 5.94. The van der Waals surface area contributed by atoms with Crippen LogP contribution in [0.2, 0.25) is 0 Å². The number of hydrogen-bond donors (Lipinski definition) is 1. The molecule has 10 heteroatoms. The SMILES string of the molecule is O=C(c1cc(F)ccc1F)N1CCC(O)(Cn2cnc3c(cnn3-c3ccccc3)c2=O)CC1. The molecule has 0 aliphatic carbocycles. The average molecular weight is 465 g/mol. The Labute approximate surface area is 192 Å². The van der Waals surface area contributed by atoms with Gasteiger partial charge in [0.1, 0.15) is 23.3 Å². The molecule has 2 aromatic carbocycles. The summed E-state index contributed by atoms with van der Waals surface area (Å²) in [7, 11) is 0. The molecule has 0 bridgehead atoms. The van der Waals surface area contributed by atoms with Crippen LogP contribution in [-0.4, -0.2) is 53.9 Å². The van der Waals surface area contributed by atoms with Crippen LogP contribution in [0.4, 0.5) is 8.78 Å². The lowest BCUT2D eigenvalue weighted by Gasteiger charge is -2.38. The number of nitrogens with zero attached hydrogens (tertiary/aromatic N) is 5. The van der Waals surface area contributed by atoms with Gasteiger partial charge in [-0.05, 0) is 43.2 Å². The number of aromatic nitrogens is 4. The van der Waals surface area contributed by atoms with E-state index in [0.717, 1.165) is 23.9 Å². The zero-order valence-electron chi connectivity index (χ0n) is 18.1. The summed E-state index contributed by atoms with van der Waals surface area (Å²) in [5, 5.41) is 15.7. The summed E-state index contributed by atoms with van der Waals surface area (Å²) in [6, 6.07) is 12.0. The van der Waals surface area contributed by atoms with Crippen molar-refractivity contribution in [1.82, 2.24) is 24.2 Å². The maximum absolute atomic E-state index is 14.0. The van der Waals surface area contributed by atoms with Gasteiger partial charge in [0.15, 0.2) is 5.65 Å². The Morgan fingerprint density at radius 1 is 1.09 bits per heavy atom. The maximum atomic E-state index is 14.0. The molecule has 0 radical (unpaired) electrons. The number of carbonyl (C=O) groups is 1. The summed E-state index contributed by atoms with van der Waals surface area (Å²) >= 11 is 0. The van der Waals surface area contributed by atoms with Gasteiger partial charge in [-0.15, -0.1) is 0 Å². The molecule has 0 unspecified atom stereocenters. The fourth-order valence-corrected chi connectivity index (χ4v) is 4.25. The smallest absolute Gasteiger partial charge is 0.264 e. The number of rotatable bonds is 4. The fraction of sp³-hybridized carbons (Fsp3) is 0.250. The molecule has 1 saturated heterocycles. The Morgan fingerprint density at radius 2 is 1.82 bits per heavy atom. The first-order valence-corrected chi connectivity index (χ1v) is 10.8. The molecule has 174 valence electrons. The average Bonchev–Trinajstić information content (AvgIpc) is 3.28. The largest absolute Gasteiger partial charge is 0.388 e. The van der Waals surface area contributed by atoms with Crippen molar-refractivity contribution in [2.24, 2.45) is 0 Å². The van der Waals surface area contributed by atoms with Gasteiger partial charge in [0.2, 0.25) is 0 Å². The van der Waals surface area contributed by atoms with E-state index in [1.807, 2.05) is 30.3 Å². The molecular formula is C24H21F2N5O3. The van der Waals surface area contributed by atoms with Gasteiger partial charge in [-0.25, -0.2) is 18.4 Å². The molecule has 1 fully saturated rings. The van der Waals surface area contributed by atoms with E-state index in [1.165, 1.54) is 22.0 Å². The summed E-state index contributed by atoms with van der Waals surface area (Å²) in [6.07, 6.45) is 3.17. The topological polar surface area (TPSA) is 93.2 Å². The molecule has 0 spiro atoms. The summed E-state index contributed by atoms with van der Waals surface area (Å²) < 4.78 is 30.4. The van der Waals surface area contributed by atoms with Crippen molar-refractivity contribution in [3.8, 4) is 5.69 Å². The van der Waals surface area contributed by atoms with Gasteiger partial charge >= 0.3 is 0 Å². The second-order valence-corrected chi connectivity index (χ2v) is 8.45. The van der Waals surface area contributed by atoms with Crippen molar-refractivity contribution in [3.63, 3.8) is 0 Å². The molecule has 1 aliphatic heterocycles. The number of fused-ring (bicyclic) bond motifs is 1. The third kappa shape index (κ3) is 3.96. The number of para-hydroxylation sites is 1. The van der Waals surface area contributed by atoms with E-state index in [4.69, 9.17) is 0 Å². The van der Waals surface area contributed by atoms with Crippen LogP contribution < -0.4 is 5.56 Å². The number of hydrogen-bond acceptors (Lipinski definition) is 5. The molecule has 0 atom stereocenters. The molecule has 34 heavy (non-hydrogen) atoms. The maximum Gasteiger partial charge on any atom is 0.264 e. The molecular weight excluding hydrogens is 444 g/mol. The molecule has 1 N–H and O–H groups in total. The van der Waals surface area contributed by atoms with Crippen LogP contribution in [0, 0.1) is 11.6 Å². The molecule has 8 nitrogen and oxygen atoms in total. The second kappa shape index (κ2) is 8.45. The van der Waals surface area contributed by atoms with Gasteiger partial charge in [0.25, 0.3) is 11.5 Å². The second-order valence-electron chi connectivity index (χ2n) is 8.45. The summed E-state index contributed by atoms with van der Waals surface area (Å²) in [5.41, 5.74) is -0.747. The third-order valence-electron chi connectivity index (χ3n) is 6.16. The van der Waals surface area contributed by atoms with Gasteiger partial charge in [-0.1, -0.05) is 18.2 Å². The first-order chi connectivity index (χ1) is 16.3. The van der Waals surface area contributed by atoms with E-state index >= 15 is 0 Å². The van der Waals surface area contributed by atoms with Crippen molar-refractivity contribution in [2.75, 3.05) is 13.1 Å². The Morgan fingerprint density at radius 3 is 2.56 bits per heavy atom. The van der Waals surface area contributed by atoms with Crippen molar-refractivity contribution < 1.29 is 18.7 Å². The molecule has 3 heterocycles. The monoisotopic (exact) mass is 465 g/mol. The van der Waals surface area contributed by atoms with Crippen LogP contribution >= 0.6 is 0 Å². The Kier molecular flexibility index (Phi) is 5.45. The quantitative estimate of drug-likeness (QED) is 0.500. The fourth-order valence-electron chi connectivity index (χ4n) is 4.25. The highest BCUT2D eigenvalue weighted by atomic mass is 19.1. The highest BCUT2D eigenvalue weighted by Gasteiger charge is 2.35. The van der Waals surface area contributed by atoms with Gasteiger partial charge < -0.3 is 10.0 Å². The minimum atomic E-state index is -1.26. The zero-order chi connectivity index (χ0) is 23.9. The number of carbonyl (C=O) groups excluding carboxylic acids is 1. The first-order valence-electron chi connectivity index (χ1n) is 10.8. The van der Waals surface area contributed by atoms with E-state index in [9.17, 15) is 23.5 Å². The number of amides is 1. The summed E-state index contributed by atoms with van der Waals surface area (Å²) in [5.74, 6) is -2.13. The highest BCUT2D eigenvalue weighted by Crippen LogP contribution is 2.26. The van der Waals surface area contributed by atoms with Crippen LogP contribution in [0.5, 0.6) is 0 Å². The molecule has 5 rings (SSSR count). The van der Waals surface area contributed by atoms with E-state index in [1.54, 1.807) is 4.68 Å². The molecule has 2 aromatic heterocycles.